The van der Waals surface area contributed by atoms with Crippen LogP contribution in [-0.4, -0.2) is 18.9 Å². The van der Waals surface area contributed by atoms with Crippen molar-refractivity contribution >= 4 is 5.69 Å². The zero-order valence-electron chi connectivity index (χ0n) is 10.3. The van der Waals surface area contributed by atoms with Gasteiger partial charge in [0.15, 0.2) is 6.10 Å². The molecule has 6 heteroatoms. The Labute approximate surface area is 104 Å². The molecule has 0 aliphatic heterocycles. The number of ether oxygens (including phenoxy) is 2. The predicted octanol–water partition coefficient (Wildman–Crippen LogP) is 3.39. The molecule has 0 aromatic heterocycles. The molecule has 1 rings (SSSR count). The van der Waals surface area contributed by atoms with Crippen LogP contribution in [0.1, 0.15) is 20.3 Å². The summed E-state index contributed by atoms with van der Waals surface area (Å²) in [5, 5.41) is 0. The number of hydrogen-bond donors (Lipinski definition) is 1. The summed E-state index contributed by atoms with van der Waals surface area (Å²) in [5.41, 5.74) is 5.87. The van der Waals surface area contributed by atoms with Crippen LogP contribution in [0.2, 0.25) is 0 Å². The van der Waals surface area contributed by atoms with E-state index in [-0.39, 0.29) is 5.75 Å². The summed E-state index contributed by atoms with van der Waals surface area (Å²) >= 11 is 0. The summed E-state index contributed by atoms with van der Waals surface area (Å²) in [6.07, 6.45) is -5.50. The van der Waals surface area contributed by atoms with Crippen LogP contribution in [0.3, 0.4) is 0 Å². The van der Waals surface area contributed by atoms with Crippen LogP contribution in [0.4, 0.5) is 18.9 Å². The highest BCUT2D eigenvalue weighted by Crippen LogP contribution is 2.29. The molecule has 0 saturated heterocycles. The van der Waals surface area contributed by atoms with Gasteiger partial charge in [-0.05, 0) is 13.3 Å². The highest BCUT2D eigenvalue weighted by Gasteiger charge is 2.38. The standard InChI is InChI=1S/C12H16F3NO2/c1-3-4-17-10-5-9(16)6-11(7-10)18-8(2)12(13,14)15/h5-8H,3-4,16H2,1-2H3. The molecule has 0 heterocycles. The zero-order chi connectivity index (χ0) is 13.8. The van der Waals surface area contributed by atoms with Crippen LogP contribution >= 0.6 is 0 Å². The summed E-state index contributed by atoms with van der Waals surface area (Å²) < 4.78 is 47.2. The third kappa shape index (κ3) is 4.35. The SMILES string of the molecule is CCCOc1cc(N)cc(OC(C)C(F)(F)F)c1. The third-order valence-electron chi connectivity index (χ3n) is 2.15. The van der Waals surface area contributed by atoms with Crippen molar-refractivity contribution in [3.8, 4) is 11.5 Å². The molecule has 0 amide bonds. The van der Waals surface area contributed by atoms with Crippen LogP contribution in [0.15, 0.2) is 18.2 Å². The number of alkyl halides is 3. The van der Waals surface area contributed by atoms with E-state index in [1.54, 1.807) is 6.07 Å². The van der Waals surface area contributed by atoms with Crippen LogP contribution in [0, 0.1) is 0 Å². The minimum absolute atomic E-state index is 0.0472. The average Bonchev–Trinajstić information content (AvgIpc) is 2.24. The van der Waals surface area contributed by atoms with Gasteiger partial charge in [0.25, 0.3) is 0 Å². The Hall–Kier alpha value is -1.59. The molecule has 0 spiro atoms. The predicted molar refractivity (Wildman–Crippen MR) is 62.8 cm³/mol. The van der Waals surface area contributed by atoms with Crippen LogP contribution in [-0.2, 0) is 0 Å². The number of nitrogens with two attached hydrogens (primary N) is 1. The fourth-order valence-electron chi connectivity index (χ4n) is 1.24. The molecule has 1 aromatic rings. The lowest BCUT2D eigenvalue weighted by molar-refractivity contribution is -0.189. The molecule has 1 unspecified atom stereocenters. The molecule has 18 heavy (non-hydrogen) atoms. The van der Waals surface area contributed by atoms with E-state index in [1.807, 2.05) is 6.92 Å². The number of nitrogen functional groups attached to an aromatic ring is 1. The van der Waals surface area contributed by atoms with E-state index in [4.69, 9.17) is 15.2 Å². The van der Waals surface area contributed by atoms with E-state index in [1.165, 1.54) is 12.1 Å². The first-order valence-electron chi connectivity index (χ1n) is 5.59. The number of anilines is 1. The second-order valence-corrected chi connectivity index (χ2v) is 3.89. The van der Waals surface area contributed by atoms with E-state index in [0.717, 1.165) is 13.3 Å². The van der Waals surface area contributed by atoms with Crippen molar-refractivity contribution in [3.63, 3.8) is 0 Å². The van der Waals surface area contributed by atoms with E-state index in [9.17, 15) is 13.2 Å². The van der Waals surface area contributed by atoms with E-state index < -0.39 is 12.3 Å². The molecule has 0 fully saturated rings. The van der Waals surface area contributed by atoms with Gasteiger partial charge >= 0.3 is 6.18 Å². The molecule has 0 saturated carbocycles. The molecule has 3 nitrogen and oxygen atoms in total. The van der Waals surface area contributed by atoms with Gasteiger partial charge in [-0.2, -0.15) is 13.2 Å². The Bertz CT molecular complexity index is 393. The van der Waals surface area contributed by atoms with Crippen molar-refractivity contribution < 1.29 is 22.6 Å². The normalized spacial score (nSPS) is 13.2. The maximum absolute atomic E-state index is 12.4. The van der Waals surface area contributed by atoms with E-state index in [2.05, 4.69) is 0 Å². The Kier molecular flexibility index (Phi) is 4.69. The molecule has 2 N–H and O–H groups in total. The van der Waals surface area contributed by atoms with Crippen molar-refractivity contribution in [1.82, 2.24) is 0 Å². The summed E-state index contributed by atoms with van der Waals surface area (Å²) in [5.74, 6) is 0.451. The number of halogens is 3. The molecular formula is C12H16F3NO2. The zero-order valence-corrected chi connectivity index (χ0v) is 10.3. The monoisotopic (exact) mass is 263 g/mol. The van der Waals surface area contributed by atoms with Gasteiger partial charge in [-0.1, -0.05) is 6.92 Å². The van der Waals surface area contributed by atoms with Gasteiger partial charge in [0, 0.05) is 23.9 Å². The van der Waals surface area contributed by atoms with E-state index >= 15 is 0 Å². The van der Waals surface area contributed by atoms with Gasteiger partial charge in [-0.25, -0.2) is 0 Å². The molecule has 0 bridgehead atoms. The maximum atomic E-state index is 12.4. The summed E-state index contributed by atoms with van der Waals surface area (Å²) in [6.45, 7) is 3.34. The summed E-state index contributed by atoms with van der Waals surface area (Å²) in [6, 6.07) is 4.27. The lowest BCUT2D eigenvalue weighted by Gasteiger charge is -2.18. The van der Waals surface area contributed by atoms with Gasteiger partial charge in [-0.3, -0.25) is 0 Å². The third-order valence-corrected chi connectivity index (χ3v) is 2.15. The lowest BCUT2D eigenvalue weighted by atomic mass is 10.2. The van der Waals surface area contributed by atoms with Crippen molar-refractivity contribution in [1.29, 1.82) is 0 Å². The van der Waals surface area contributed by atoms with Crippen LogP contribution in [0.25, 0.3) is 0 Å². The van der Waals surface area contributed by atoms with Crippen molar-refractivity contribution in [3.05, 3.63) is 18.2 Å². The number of rotatable bonds is 5. The quantitative estimate of drug-likeness (QED) is 0.828. The first-order valence-corrected chi connectivity index (χ1v) is 5.59. The van der Waals surface area contributed by atoms with Gasteiger partial charge < -0.3 is 15.2 Å². The molecule has 0 aliphatic carbocycles. The molecule has 1 aromatic carbocycles. The Morgan fingerprint density at radius 2 is 1.83 bits per heavy atom. The summed E-state index contributed by atoms with van der Waals surface area (Å²) in [4.78, 5) is 0. The smallest absolute Gasteiger partial charge is 0.425 e. The van der Waals surface area contributed by atoms with Crippen molar-refractivity contribution in [2.24, 2.45) is 0 Å². The van der Waals surface area contributed by atoms with Crippen molar-refractivity contribution in [2.75, 3.05) is 12.3 Å². The maximum Gasteiger partial charge on any atom is 0.425 e. The van der Waals surface area contributed by atoms with E-state index in [0.29, 0.717) is 18.0 Å². The van der Waals surface area contributed by atoms with Gasteiger partial charge in [0.2, 0.25) is 0 Å². The Morgan fingerprint density at radius 3 is 2.39 bits per heavy atom. The fraction of sp³-hybridized carbons (Fsp3) is 0.500. The van der Waals surface area contributed by atoms with Crippen LogP contribution < -0.4 is 15.2 Å². The van der Waals surface area contributed by atoms with Crippen molar-refractivity contribution in [2.45, 2.75) is 32.5 Å². The first-order chi connectivity index (χ1) is 8.32. The molecular weight excluding hydrogens is 247 g/mol. The molecule has 0 aliphatic rings. The minimum atomic E-state index is -4.41. The average molecular weight is 263 g/mol. The molecule has 102 valence electrons. The lowest BCUT2D eigenvalue weighted by Crippen LogP contribution is -2.31. The van der Waals surface area contributed by atoms with Gasteiger partial charge in [-0.15, -0.1) is 0 Å². The number of benzene rings is 1. The highest BCUT2D eigenvalue weighted by atomic mass is 19.4. The molecule has 0 radical (unpaired) electrons. The minimum Gasteiger partial charge on any atom is -0.493 e. The number of hydrogen-bond acceptors (Lipinski definition) is 3. The Balaban J connectivity index is 2.79. The van der Waals surface area contributed by atoms with Crippen LogP contribution in [0.5, 0.6) is 11.5 Å². The largest absolute Gasteiger partial charge is 0.493 e. The Morgan fingerprint density at radius 1 is 1.22 bits per heavy atom. The second-order valence-electron chi connectivity index (χ2n) is 3.89. The van der Waals surface area contributed by atoms with Gasteiger partial charge in [0.1, 0.15) is 11.5 Å². The molecule has 1 atom stereocenters. The second kappa shape index (κ2) is 5.84. The fourth-order valence-corrected chi connectivity index (χ4v) is 1.24. The first kappa shape index (κ1) is 14.5. The summed E-state index contributed by atoms with van der Waals surface area (Å²) in [7, 11) is 0. The highest BCUT2D eigenvalue weighted by molar-refractivity contribution is 5.50. The topological polar surface area (TPSA) is 44.5 Å². The van der Waals surface area contributed by atoms with Gasteiger partial charge in [0.05, 0.1) is 6.61 Å².